The van der Waals surface area contributed by atoms with Crippen molar-refractivity contribution in [2.45, 2.75) is 19.4 Å². The lowest BCUT2D eigenvalue weighted by Crippen LogP contribution is -2.35. The van der Waals surface area contributed by atoms with Gasteiger partial charge in [-0.2, -0.15) is 0 Å². The van der Waals surface area contributed by atoms with Gasteiger partial charge in [-0.3, -0.25) is 0 Å². The second kappa shape index (κ2) is 7.25. The Kier molecular flexibility index (Phi) is 5.90. The third-order valence-electron chi connectivity index (χ3n) is 2.72. The first-order chi connectivity index (χ1) is 7.77. The number of anilines is 1. The molecule has 0 radical (unpaired) electrons. The van der Waals surface area contributed by atoms with Crippen LogP contribution in [0.3, 0.4) is 0 Å². The minimum atomic E-state index is 0.205. The summed E-state index contributed by atoms with van der Waals surface area (Å²) in [6.45, 7) is 4.11. The number of likely N-dealkylation sites (N-methyl/N-ethyl adjacent to an activating group) is 1. The fourth-order valence-electron chi connectivity index (χ4n) is 1.71. The van der Waals surface area contributed by atoms with E-state index in [0.717, 1.165) is 19.5 Å². The summed E-state index contributed by atoms with van der Waals surface area (Å²) in [7, 11) is 2.08. The first kappa shape index (κ1) is 13.0. The van der Waals surface area contributed by atoms with Gasteiger partial charge in [0.1, 0.15) is 0 Å². The Balaban J connectivity index is 2.37. The molecule has 0 aliphatic rings. The van der Waals surface area contributed by atoms with Gasteiger partial charge in [0.25, 0.3) is 0 Å². The van der Waals surface area contributed by atoms with Crippen molar-refractivity contribution < 1.29 is 5.11 Å². The summed E-state index contributed by atoms with van der Waals surface area (Å²) >= 11 is 0. The summed E-state index contributed by atoms with van der Waals surface area (Å²) in [5.41, 5.74) is 1.22. The Morgan fingerprint density at radius 2 is 2.00 bits per heavy atom. The topological polar surface area (TPSA) is 35.5 Å². The Bertz CT molecular complexity index is 277. The number of para-hydroxylation sites is 1. The lowest BCUT2D eigenvalue weighted by atomic mass is 10.2. The van der Waals surface area contributed by atoms with Crippen LogP contribution in [0.4, 0.5) is 5.69 Å². The summed E-state index contributed by atoms with van der Waals surface area (Å²) in [4.78, 5) is 2.21. The van der Waals surface area contributed by atoms with Crippen LogP contribution in [0.1, 0.15) is 13.3 Å². The minimum absolute atomic E-state index is 0.205. The van der Waals surface area contributed by atoms with Crippen molar-refractivity contribution in [3.8, 4) is 0 Å². The first-order valence-corrected chi connectivity index (χ1v) is 5.88. The van der Waals surface area contributed by atoms with Crippen LogP contribution in [0.2, 0.25) is 0 Å². The molecule has 0 saturated carbocycles. The molecule has 0 fully saturated rings. The average Bonchev–Trinajstić information content (AvgIpc) is 2.35. The van der Waals surface area contributed by atoms with Gasteiger partial charge in [-0.25, -0.2) is 0 Å². The normalized spacial score (nSPS) is 12.4. The summed E-state index contributed by atoms with van der Waals surface area (Å²) in [5, 5.41) is 12.4. The third-order valence-corrected chi connectivity index (χ3v) is 2.72. The molecule has 0 aliphatic carbocycles. The standard InChI is InChI=1S/C13H22N2O/c1-3-14-12(11-16)9-10-15(2)13-7-5-4-6-8-13/h4-8,12,14,16H,3,9-11H2,1-2H3. The highest BCUT2D eigenvalue weighted by atomic mass is 16.3. The molecule has 0 aromatic heterocycles. The average molecular weight is 222 g/mol. The van der Waals surface area contributed by atoms with Crippen molar-refractivity contribution in [3.63, 3.8) is 0 Å². The van der Waals surface area contributed by atoms with E-state index in [9.17, 15) is 0 Å². The molecule has 1 atom stereocenters. The van der Waals surface area contributed by atoms with Crippen molar-refractivity contribution in [1.29, 1.82) is 0 Å². The molecule has 0 heterocycles. The van der Waals surface area contributed by atoms with Crippen molar-refractivity contribution >= 4 is 5.69 Å². The Hall–Kier alpha value is -1.06. The Morgan fingerprint density at radius 1 is 1.31 bits per heavy atom. The molecule has 3 nitrogen and oxygen atoms in total. The molecule has 0 spiro atoms. The first-order valence-electron chi connectivity index (χ1n) is 5.88. The maximum Gasteiger partial charge on any atom is 0.0585 e. The molecule has 3 heteroatoms. The van der Waals surface area contributed by atoms with E-state index in [1.807, 2.05) is 18.2 Å². The molecule has 1 unspecified atom stereocenters. The fraction of sp³-hybridized carbons (Fsp3) is 0.538. The number of hydrogen-bond donors (Lipinski definition) is 2. The highest BCUT2D eigenvalue weighted by Gasteiger charge is 2.07. The van der Waals surface area contributed by atoms with Gasteiger partial charge in [-0.05, 0) is 25.1 Å². The zero-order valence-corrected chi connectivity index (χ0v) is 10.2. The molecular formula is C13H22N2O. The van der Waals surface area contributed by atoms with E-state index in [1.165, 1.54) is 5.69 Å². The third kappa shape index (κ3) is 4.21. The SMILES string of the molecule is CCNC(CO)CCN(C)c1ccccc1. The van der Waals surface area contributed by atoms with Crippen molar-refractivity contribution in [1.82, 2.24) is 5.32 Å². The number of hydrogen-bond acceptors (Lipinski definition) is 3. The molecule has 1 rings (SSSR count). The second-order valence-electron chi connectivity index (χ2n) is 3.98. The highest BCUT2D eigenvalue weighted by molar-refractivity contribution is 5.44. The molecule has 0 amide bonds. The van der Waals surface area contributed by atoms with Crippen LogP contribution in [0.25, 0.3) is 0 Å². The molecule has 16 heavy (non-hydrogen) atoms. The number of nitrogens with one attached hydrogen (secondary N) is 1. The van der Waals surface area contributed by atoms with E-state index in [-0.39, 0.29) is 12.6 Å². The van der Waals surface area contributed by atoms with Crippen LogP contribution in [-0.2, 0) is 0 Å². The van der Waals surface area contributed by atoms with Gasteiger partial charge in [-0.15, -0.1) is 0 Å². The quantitative estimate of drug-likeness (QED) is 0.733. The van der Waals surface area contributed by atoms with E-state index in [4.69, 9.17) is 5.11 Å². The van der Waals surface area contributed by atoms with E-state index in [2.05, 4.69) is 36.3 Å². The van der Waals surface area contributed by atoms with Gasteiger partial charge >= 0.3 is 0 Å². The summed E-state index contributed by atoms with van der Waals surface area (Å²) in [6, 6.07) is 10.5. The predicted octanol–water partition coefficient (Wildman–Crippen LogP) is 1.48. The van der Waals surface area contributed by atoms with Crippen LogP contribution in [0.5, 0.6) is 0 Å². The molecule has 2 N–H and O–H groups in total. The lowest BCUT2D eigenvalue weighted by molar-refractivity contribution is 0.238. The summed E-state index contributed by atoms with van der Waals surface area (Å²) < 4.78 is 0. The maximum atomic E-state index is 9.16. The van der Waals surface area contributed by atoms with Crippen LogP contribution >= 0.6 is 0 Å². The molecular weight excluding hydrogens is 200 g/mol. The van der Waals surface area contributed by atoms with E-state index < -0.39 is 0 Å². The second-order valence-corrected chi connectivity index (χ2v) is 3.98. The Labute approximate surface area is 98.1 Å². The van der Waals surface area contributed by atoms with Gasteiger partial charge in [0.2, 0.25) is 0 Å². The van der Waals surface area contributed by atoms with Crippen LogP contribution < -0.4 is 10.2 Å². The molecule has 0 saturated heterocycles. The smallest absolute Gasteiger partial charge is 0.0585 e. The monoisotopic (exact) mass is 222 g/mol. The molecule has 0 aliphatic heterocycles. The number of aliphatic hydroxyl groups excluding tert-OH is 1. The van der Waals surface area contributed by atoms with Crippen molar-refractivity contribution in [2.75, 3.05) is 31.6 Å². The number of benzene rings is 1. The van der Waals surface area contributed by atoms with Gasteiger partial charge < -0.3 is 15.3 Å². The van der Waals surface area contributed by atoms with Gasteiger partial charge in [0, 0.05) is 25.3 Å². The van der Waals surface area contributed by atoms with Crippen molar-refractivity contribution in [3.05, 3.63) is 30.3 Å². The van der Waals surface area contributed by atoms with E-state index in [0.29, 0.717) is 0 Å². The largest absolute Gasteiger partial charge is 0.395 e. The molecule has 1 aromatic rings. The lowest BCUT2D eigenvalue weighted by Gasteiger charge is -2.22. The number of nitrogens with zero attached hydrogens (tertiary/aromatic N) is 1. The minimum Gasteiger partial charge on any atom is -0.395 e. The van der Waals surface area contributed by atoms with E-state index >= 15 is 0 Å². The van der Waals surface area contributed by atoms with Crippen LogP contribution in [0.15, 0.2) is 30.3 Å². The van der Waals surface area contributed by atoms with Gasteiger partial charge in [-0.1, -0.05) is 25.1 Å². The summed E-state index contributed by atoms with van der Waals surface area (Å²) in [5.74, 6) is 0. The molecule has 90 valence electrons. The highest BCUT2D eigenvalue weighted by Crippen LogP contribution is 2.11. The molecule has 0 bridgehead atoms. The predicted molar refractivity (Wildman–Crippen MR) is 68.9 cm³/mol. The Morgan fingerprint density at radius 3 is 2.56 bits per heavy atom. The summed E-state index contributed by atoms with van der Waals surface area (Å²) in [6.07, 6.45) is 0.954. The number of aliphatic hydroxyl groups is 1. The van der Waals surface area contributed by atoms with Gasteiger partial charge in [0.15, 0.2) is 0 Å². The zero-order chi connectivity index (χ0) is 11.8. The maximum absolute atomic E-state index is 9.16. The fourth-order valence-corrected chi connectivity index (χ4v) is 1.71. The zero-order valence-electron chi connectivity index (χ0n) is 10.2. The van der Waals surface area contributed by atoms with E-state index in [1.54, 1.807) is 0 Å². The van der Waals surface area contributed by atoms with Crippen LogP contribution in [-0.4, -0.2) is 37.9 Å². The van der Waals surface area contributed by atoms with Crippen molar-refractivity contribution in [2.24, 2.45) is 0 Å². The van der Waals surface area contributed by atoms with Crippen LogP contribution in [0, 0.1) is 0 Å². The van der Waals surface area contributed by atoms with Gasteiger partial charge in [0.05, 0.1) is 6.61 Å². The number of rotatable bonds is 7. The molecule has 1 aromatic carbocycles.